The minimum Gasteiger partial charge on any atom is -0.493 e. The van der Waals surface area contributed by atoms with Gasteiger partial charge in [-0.05, 0) is 117 Å². The maximum atomic E-state index is 15.1. The second-order valence-electron chi connectivity index (χ2n) is 20.0. The Hall–Kier alpha value is -3.34. The number of fused-ring (bicyclic) bond motifs is 2. The molecule has 5 nitrogen and oxygen atoms in total. The van der Waals surface area contributed by atoms with E-state index in [1.807, 2.05) is 45.0 Å². The molecule has 0 aliphatic heterocycles. The van der Waals surface area contributed by atoms with Crippen molar-refractivity contribution >= 4 is 23.1 Å². The number of hydrogen-bond donors (Lipinski definition) is 0. The summed E-state index contributed by atoms with van der Waals surface area (Å²) >= 11 is 0. The Bertz CT molecular complexity index is 1690. The molecule has 3 fully saturated rings. The van der Waals surface area contributed by atoms with Crippen LogP contribution in [-0.4, -0.2) is 28.7 Å². The molecule has 0 heterocycles. The highest BCUT2D eigenvalue weighted by molar-refractivity contribution is 5.97. The summed E-state index contributed by atoms with van der Waals surface area (Å²) in [5, 5.41) is 0. The number of Topliss-reactive ketones (excluding diaryl/α,β-unsaturated/α-hetero) is 4. The first kappa shape index (κ1) is 41.3. The summed E-state index contributed by atoms with van der Waals surface area (Å²) in [7, 11) is 0. The zero-order valence-corrected chi connectivity index (χ0v) is 34.6. The van der Waals surface area contributed by atoms with Crippen LogP contribution in [0, 0.1) is 52.8 Å². The van der Waals surface area contributed by atoms with Crippen LogP contribution in [0.5, 0.6) is 0 Å². The van der Waals surface area contributed by atoms with Gasteiger partial charge >= 0.3 is 0 Å². The van der Waals surface area contributed by atoms with E-state index in [9.17, 15) is 14.4 Å². The molecule has 0 radical (unpaired) electrons. The van der Waals surface area contributed by atoms with Crippen molar-refractivity contribution < 1.29 is 23.9 Å². The first-order chi connectivity index (χ1) is 26.0. The third-order valence-corrected chi connectivity index (χ3v) is 13.7. The van der Waals surface area contributed by atoms with Crippen LogP contribution in [0.1, 0.15) is 148 Å². The molecule has 0 saturated heterocycles. The van der Waals surface area contributed by atoms with Crippen molar-refractivity contribution in [2.45, 2.75) is 149 Å². The average Bonchev–Trinajstić information content (AvgIpc) is 3.79. The number of carbonyl (C=O) groups is 4. The second kappa shape index (κ2) is 17.0. The third-order valence-electron chi connectivity index (χ3n) is 13.7. The predicted molar refractivity (Wildman–Crippen MR) is 221 cm³/mol. The van der Waals surface area contributed by atoms with Crippen molar-refractivity contribution in [2.24, 2.45) is 52.8 Å². The van der Waals surface area contributed by atoms with Crippen molar-refractivity contribution in [3.63, 3.8) is 0 Å². The second-order valence-corrected chi connectivity index (χ2v) is 20.0. The Labute approximate surface area is 331 Å². The Kier molecular flexibility index (Phi) is 12.8. The normalized spacial score (nSPS) is 27.1. The first-order valence-corrected chi connectivity index (χ1v) is 21.6. The van der Waals surface area contributed by atoms with Crippen LogP contribution in [0.4, 0.5) is 0 Å². The van der Waals surface area contributed by atoms with Gasteiger partial charge in [0.1, 0.15) is 23.0 Å². The highest BCUT2D eigenvalue weighted by atomic mass is 16.5. The van der Waals surface area contributed by atoms with Crippen LogP contribution in [0.3, 0.4) is 0 Å². The third kappa shape index (κ3) is 10.3. The molecular weight excluding hydrogens is 681 g/mol. The van der Waals surface area contributed by atoms with E-state index in [1.54, 1.807) is 0 Å². The predicted octanol–water partition coefficient (Wildman–Crippen LogP) is 11.5. The average molecular weight is 749 g/mol. The number of ether oxygens (including phenoxy) is 1. The van der Waals surface area contributed by atoms with E-state index in [-0.39, 0.29) is 94.3 Å². The van der Waals surface area contributed by atoms with E-state index in [1.165, 1.54) is 6.42 Å². The van der Waals surface area contributed by atoms with Gasteiger partial charge in [-0.25, -0.2) is 0 Å². The summed E-state index contributed by atoms with van der Waals surface area (Å²) < 4.78 is 6.21. The molecule has 0 spiro atoms. The fourth-order valence-electron chi connectivity index (χ4n) is 10.8. The minimum atomic E-state index is -0.390. The molecule has 298 valence electrons. The lowest BCUT2D eigenvalue weighted by Gasteiger charge is -2.37. The zero-order chi connectivity index (χ0) is 39.7. The molecule has 3 saturated carbocycles. The van der Waals surface area contributed by atoms with E-state index in [2.05, 4.69) is 45.7 Å². The minimum absolute atomic E-state index is 0.00821. The molecule has 0 bridgehead atoms. The molecule has 1 aromatic carbocycles. The molecule has 5 aliphatic carbocycles. The van der Waals surface area contributed by atoms with Crippen molar-refractivity contribution in [1.29, 1.82) is 0 Å². The Morgan fingerprint density at radius 1 is 0.945 bits per heavy atom. The zero-order valence-electron chi connectivity index (χ0n) is 34.6. The van der Waals surface area contributed by atoms with Gasteiger partial charge in [-0.1, -0.05) is 108 Å². The SMILES string of the molecule is C=C(CCC(=O)C(=C)C(CC(=O)C1C(C(=O)C(CC(=C)OC(C)(C)C)C2CCCCC2)CC2C=CC(C)(C)CC21)CC1CC1)CC1C(=O)Cc2ccccc21. The van der Waals surface area contributed by atoms with Gasteiger partial charge in [0.2, 0.25) is 0 Å². The first-order valence-electron chi connectivity index (χ1n) is 21.6. The lowest BCUT2D eigenvalue weighted by atomic mass is 9.67. The Morgan fingerprint density at radius 2 is 1.65 bits per heavy atom. The largest absolute Gasteiger partial charge is 0.493 e. The molecule has 6 rings (SSSR count). The summed E-state index contributed by atoms with van der Waals surface area (Å²) in [5.41, 5.74) is 3.20. The number of carbonyl (C=O) groups excluding carboxylic acids is 4. The number of allylic oxidation sites excluding steroid dienone is 5. The lowest BCUT2D eigenvalue weighted by molar-refractivity contribution is -0.137. The maximum Gasteiger partial charge on any atom is 0.158 e. The van der Waals surface area contributed by atoms with Gasteiger partial charge in [-0.3, -0.25) is 19.2 Å². The molecule has 5 aliphatic rings. The van der Waals surface area contributed by atoms with Gasteiger partial charge in [0.25, 0.3) is 0 Å². The number of benzene rings is 1. The van der Waals surface area contributed by atoms with Gasteiger partial charge < -0.3 is 4.74 Å². The topological polar surface area (TPSA) is 77.5 Å². The molecule has 5 heteroatoms. The molecule has 7 atom stereocenters. The van der Waals surface area contributed by atoms with Gasteiger partial charge in [0.15, 0.2) is 5.78 Å². The molecule has 0 aromatic heterocycles. The van der Waals surface area contributed by atoms with Crippen molar-refractivity contribution in [3.05, 3.63) is 84.2 Å². The van der Waals surface area contributed by atoms with Crippen molar-refractivity contribution in [2.75, 3.05) is 0 Å². The summed E-state index contributed by atoms with van der Waals surface area (Å²) in [6.07, 6.45) is 17.4. The smallest absolute Gasteiger partial charge is 0.158 e. The highest BCUT2D eigenvalue weighted by Crippen LogP contribution is 2.54. The summed E-state index contributed by atoms with van der Waals surface area (Å²) in [6.45, 7) is 23.5. The molecule has 7 unspecified atom stereocenters. The number of ketones is 4. The highest BCUT2D eigenvalue weighted by Gasteiger charge is 2.53. The van der Waals surface area contributed by atoms with E-state index >= 15 is 4.79 Å². The standard InChI is InChI=1S/C50H68O5/c1-31(24-41-39-17-13-12-16-36(39)28-45(41)52)18-21-44(51)33(3)38(26-34-19-20-34)29-46(53)47-42(27-37-22-23-50(7,8)30-43(37)47)48(54)40(35-14-10-9-11-15-35)25-32(2)55-49(4,5)6/h12-13,16-17,22-23,34-35,37-38,40-43,47H,1-3,9-11,14-15,18-21,24-30H2,4-8H3. The van der Waals surface area contributed by atoms with Crippen LogP contribution in [0.25, 0.3) is 0 Å². The van der Waals surface area contributed by atoms with Crippen LogP contribution >= 0.6 is 0 Å². The summed E-state index contributed by atoms with van der Waals surface area (Å²) in [6, 6.07) is 8.01. The molecule has 55 heavy (non-hydrogen) atoms. The molecule has 1 aromatic rings. The number of rotatable bonds is 18. The van der Waals surface area contributed by atoms with Crippen LogP contribution < -0.4 is 0 Å². The molecule has 0 N–H and O–H groups in total. The Balaban J connectivity index is 1.17. The monoisotopic (exact) mass is 749 g/mol. The van der Waals surface area contributed by atoms with Gasteiger partial charge in [-0.15, -0.1) is 0 Å². The molecular formula is C50H68O5. The van der Waals surface area contributed by atoms with Gasteiger partial charge in [0.05, 0.1) is 5.76 Å². The fraction of sp³-hybridized carbons (Fsp3) is 0.640. The molecule has 0 amide bonds. The van der Waals surface area contributed by atoms with Crippen LogP contribution in [0.2, 0.25) is 0 Å². The van der Waals surface area contributed by atoms with Gasteiger partial charge in [-0.2, -0.15) is 0 Å². The van der Waals surface area contributed by atoms with Crippen LogP contribution in [-0.2, 0) is 30.3 Å². The van der Waals surface area contributed by atoms with Crippen molar-refractivity contribution in [1.82, 2.24) is 0 Å². The number of hydrogen-bond acceptors (Lipinski definition) is 5. The van der Waals surface area contributed by atoms with E-state index in [4.69, 9.17) is 4.74 Å². The van der Waals surface area contributed by atoms with E-state index in [0.717, 1.165) is 68.1 Å². The summed E-state index contributed by atoms with van der Waals surface area (Å²) in [5.74, 6) is 1.06. The summed E-state index contributed by atoms with van der Waals surface area (Å²) in [4.78, 5) is 56.7. The quantitative estimate of drug-likeness (QED) is 0.0848. The fourth-order valence-corrected chi connectivity index (χ4v) is 10.8. The maximum absolute atomic E-state index is 15.1. The lowest BCUT2D eigenvalue weighted by Crippen LogP contribution is -2.38. The van der Waals surface area contributed by atoms with E-state index in [0.29, 0.717) is 49.4 Å². The van der Waals surface area contributed by atoms with Crippen molar-refractivity contribution in [3.8, 4) is 0 Å². The van der Waals surface area contributed by atoms with Crippen LogP contribution in [0.15, 0.2) is 73.1 Å². The van der Waals surface area contributed by atoms with Gasteiger partial charge in [0, 0.05) is 49.4 Å². The Morgan fingerprint density at radius 3 is 2.35 bits per heavy atom. The van der Waals surface area contributed by atoms with E-state index < -0.39 is 0 Å².